The average Bonchev–Trinajstić information content (AvgIpc) is 2.92. The highest BCUT2D eigenvalue weighted by Crippen LogP contribution is 2.22. The van der Waals surface area contributed by atoms with Crippen molar-refractivity contribution in [2.24, 2.45) is 5.92 Å². The lowest BCUT2D eigenvalue weighted by molar-refractivity contribution is 0.361. The van der Waals surface area contributed by atoms with Gasteiger partial charge >= 0.3 is 0 Å². The van der Waals surface area contributed by atoms with Gasteiger partial charge in [-0.1, -0.05) is 18.2 Å². The van der Waals surface area contributed by atoms with Gasteiger partial charge in [-0.2, -0.15) is 0 Å². The summed E-state index contributed by atoms with van der Waals surface area (Å²) in [7, 11) is 0. The standard InChI is InChI=1S/C17H26N2/c1-4-16-7-6-14(11-17(16)5-1)8-10-19-13-15-3-2-9-18-12-15/h6-7,11,15,18-19H,1-5,8-10,12-13H2. The molecule has 1 aromatic carbocycles. The number of rotatable bonds is 5. The highest BCUT2D eigenvalue weighted by molar-refractivity contribution is 5.35. The number of nitrogens with one attached hydrogen (secondary N) is 2. The van der Waals surface area contributed by atoms with E-state index in [0.29, 0.717) is 0 Å². The molecule has 2 aliphatic rings. The molecule has 0 aromatic heterocycles. The highest BCUT2D eigenvalue weighted by atomic mass is 14.9. The van der Waals surface area contributed by atoms with Crippen molar-refractivity contribution in [1.29, 1.82) is 0 Å². The van der Waals surface area contributed by atoms with Gasteiger partial charge in [0.25, 0.3) is 0 Å². The van der Waals surface area contributed by atoms with Crippen molar-refractivity contribution in [3.8, 4) is 0 Å². The van der Waals surface area contributed by atoms with Gasteiger partial charge in [-0.05, 0) is 87.3 Å². The molecule has 0 amide bonds. The summed E-state index contributed by atoms with van der Waals surface area (Å²) in [6.07, 6.45) is 7.85. The molecule has 1 fully saturated rings. The van der Waals surface area contributed by atoms with Crippen LogP contribution in [0.2, 0.25) is 0 Å². The molecule has 0 bridgehead atoms. The van der Waals surface area contributed by atoms with Crippen molar-refractivity contribution < 1.29 is 0 Å². The maximum Gasteiger partial charge on any atom is -0.000823 e. The third-order valence-corrected chi connectivity index (χ3v) is 4.59. The molecule has 2 heteroatoms. The molecule has 2 N–H and O–H groups in total. The van der Waals surface area contributed by atoms with Crippen molar-refractivity contribution in [2.75, 3.05) is 26.2 Å². The summed E-state index contributed by atoms with van der Waals surface area (Å²) in [4.78, 5) is 0. The van der Waals surface area contributed by atoms with E-state index in [9.17, 15) is 0 Å². The number of hydrogen-bond donors (Lipinski definition) is 2. The maximum atomic E-state index is 3.63. The first-order valence-electron chi connectivity index (χ1n) is 7.94. The number of piperidine rings is 1. The lowest BCUT2D eigenvalue weighted by Gasteiger charge is -2.22. The second kappa shape index (κ2) is 6.53. The van der Waals surface area contributed by atoms with E-state index in [1.54, 1.807) is 11.1 Å². The monoisotopic (exact) mass is 258 g/mol. The predicted molar refractivity (Wildman–Crippen MR) is 80.6 cm³/mol. The second-order valence-corrected chi connectivity index (χ2v) is 6.12. The van der Waals surface area contributed by atoms with Gasteiger partial charge in [0.15, 0.2) is 0 Å². The Balaban J connectivity index is 1.40. The minimum absolute atomic E-state index is 0.841. The fourth-order valence-electron chi connectivity index (χ4n) is 3.42. The van der Waals surface area contributed by atoms with Crippen molar-refractivity contribution >= 4 is 0 Å². The van der Waals surface area contributed by atoms with Crippen LogP contribution in [0.1, 0.15) is 36.0 Å². The van der Waals surface area contributed by atoms with Gasteiger partial charge in [0.1, 0.15) is 0 Å². The first kappa shape index (κ1) is 13.1. The highest BCUT2D eigenvalue weighted by Gasteiger charge is 2.12. The third kappa shape index (κ3) is 3.58. The van der Waals surface area contributed by atoms with Gasteiger partial charge in [-0.25, -0.2) is 0 Å². The van der Waals surface area contributed by atoms with Crippen LogP contribution < -0.4 is 10.6 Å². The topological polar surface area (TPSA) is 24.1 Å². The summed E-state index contributed by atoms with van der Waals surface area (Å²) in [6.45, 7) is 4.71. The van der Waals surface area contributed by atoms with Crippen LogP contribution >= 0.6 is 0 Å². The summed E-state index contributed by atoms with van der Waals surface area (Å²) >= 11 is 0. The Morgan fingerprint density at radius 3 is 3.00 bits per heavy atom. The minimum Gasteiger partial charge on any atom is -0.316 e. The molecular formula is C17H26N2. The van der Waals surface area contributed by atoms with Crippen LogP contribution in [0.5, 0.6) is 0 Å². The molecule has 1 saturated heterocycles. The average molecular weight is 258 g/mol. The fraction of sp³-hybridized carbons (Fsp3) is 0.647. The molecule has 1 aliphatic heterocycles. The SMILES string of the molecule is c1cc2c(cc1CCNCC1CCCNC1)CCC2. The molecule has 3 rings (SSSR count). The number of aryl methyl sites for hydroxylation is 2. The van der Waals surface area contributed by atoms with E-state index in [1.165, 1.54) is 63.7 Å². The van der Waals surface area contributed by atoms with Crippen LogP contribution in [0.3, 0.4) is 0 Å². The van der Waals surface area contributed by atoms with E-state index < -0.39 is 0 Å². The van der Waals surface area contributed by atoms with Gasteiger partial charge < -0.3 is 10.6 Å². The molecule has 0 radical (unpaired) electrons. The molecule has 19 heavy (non-hydrogen) atoms. The van der Waals surface area contributed by atoms with E-state index in [4.69, 9.17) is 0 Å². The van der Waals surface area contributed by atoms with Gasteiger partial charge in [0.2, 0.25) is 0 Å². The number of fused-ring (bicyclic) bond motifs is 1. The number of hydrogen-bond acceptors (Lipinski definition) is 2. The quantitative estimate of drug-likeness (QED) is 0.792. The molecule has 2 nitrogen and oxygen atoms in total. The first-order valence-corrected chi connectivity index (χ1v) is 7.94. The molecule has 104 valence electrons. The number of benzene rings is 1. The maximum absolute atomic E-state index is 3.63. The lowest BCUT2D eigenvalue weighted by Crippen LogP contribution is -2.36. The Kier molecular flexibility index (Phi) is 4.52. The van der Waals surface area contributed by atoms with E-state index in [0.717, 1.165) is 12.5 Å². The zero-order valence-corrected chi connectivity index (χ0v) is 11.9. The van der Waals surface area contributed by atoms with Crippen LogP contribution in [0.25, 0.3) is 0 Å². The predicted octanol–water partition coefficient (Wildman–Crippen LogP) is 2.31. The zero-order chi connectivity index (χ0) is 12.9. The van der Waals surface area contributed by atoms with Crippen LogP contribution in [0.4, 0.5) is 0 Å². The van der Waals surface area contributed by atoms with Crippen molar-refractivity contribution in [3.05, 3.63) is 34.9 Å². The smallest absolute Gasteiger partial charge is 0.000823 e. The van der Waals surface area contributed by atoms with E-state index >= 15 is 0 Å². The zero-order valence-electron chi connectivity index (χ0n) is 11.9. The Morgan fingerprint density at radius 2 is 2.11 bits per heavy atom. The Morgan fingerprint density at radius 1 is 1.16 bits per heavy atom. The molecular weight excluding hydrogens is 232 g/mol. The molecule has 1 aromatic rings. The van der Waals surface area contributed by atoms with E-state index in [-0.39, 0.29) is 0 Å². The normalized spacial score (nSPS) is 22.4. The molecule has 1 aliphatic carbocycles. The Hall–Kier alpha value is -0.860. The fourth-order valence-corrected chi connectivity index (χ4v) is 3.42. The largest absolute Gasteiger partial charge is 0.316 e. The molecule has 0 spiro atoms. The summed E-state index contributed by atoms with van der Waals surface area (Å²) in [6, 6.07) is 7.11. The van der Waals surface area contributed by atoms with Crippen LogP contribution in [-0.4, -0.2) is 26.2 Å². The second-order valence-electron chi connectivity index (χ2n) is 6.12. The summed E-state index contributed by atoms with van der Waals surface area (Å²) in [5, 5.41) is 7.11. The van der Waals surface area contributed by atoms with Crippen molar-refractivity contribution in [3.63, 3.8) is 0 Å². The van der Waals surface area contributed by atoms with Gasteiger partial charge in [-0.3, -0.25) is 0 Å². The first-order chi connectivity index (χ1) is 9.42. The van der Waals surface area contributed by atoms with Gasteiger partial charge in [0.05, 0.1) is 0 Å². The Labute approximate surface area is 117 Å². The molecule has 1 atom stereocenters. The van der Waals surface area contributed by atoms with Crippen LogP contribution in [0, 0.1) is 5.92 Å². The van der Waals surface area contributed by atoms with Gasteiger partial charge in [-0.15, -0.1) is 0 Å². The van der Waals surface area contributed by atoms with E-state index in [2.05, 4.69) is 28.8 Å². The Bertz CT molecular complexity index is 408. The van der Waals surface area contributed by atoms with Crippen LogP contribution in [-0.2, 0) is 19.3 Å². The summed E-state index contributed by atoms with van der Waals surface area (Å²) in [5.74, 6) is 0.841. The van der Waals surface area contributed by atoms with Crippen LogP contribution in [0.15, 0.2) is 18.2 Å². The summed E-state index contributed by atoms with van der Waals surface area (Å²) in [5.41, 5.74) is 4.70. The molecule has 0 saturated carbocycles. The van der Waals surface area contributed by atoms with Crippen molar-refractivity contribution in [1.82, 2.24) is 10.6 Å². The summed E-state index contributed by atoms with van der Waals surface area (Å²) < 4.78 is 0. The van der Waals surface area contributed by atoms with Crippen molar-refractivity contribution in [2.45, 2.75) is 38.5 Å². The third-order valence-electron chi connectivity index (χ3n) is 4.59. The van der Waals surface area contributed by atoms with Gasteiger partial charge in [0, 0.05) is 0 Å². The molecule has 1 heterocycles. The molecule has 1 unspecified atom stereocenters. The lowest BCUT2D eigenvalue weighted by atomic mass is 9.99. The van der Waals surface area contributed by atoms with E-state index in [1.807, 2.05) is 0 Å². The minimum atomic E-state index is 0.841.